The molecule has 0 aliphatic carbocycles. The predicted molar refractivity (Wildman–Crippen MR) is 36.2 cm³/mol. The van der Waals surface area contributed by atoms with Crippen molar-refractivity contribution in [1.29, 1.82) is 0 Å². The molecule has 0 aromatic heterocycles. The Bertz CT molecular complexity index is 59.5. The number of hydrogen-bond acceptors (Lipinski definition) is 2. The number of hydrazine groups is 1. The number of nitrogens with two attached hydrogens (primary N) is 1. The van der Waals surface area contributed by atoms with Crippen molar-refractivity contribution in [2.45, 2.75) is 12.8 Å². The molecule has 2 nitrogen and oxygen atoms in total. The second kappa shape index (κ2) is 4.81. The van der Waals surface area contributed by atoms with E-state index in [0.717, 1.165) is 19.4 Å². The van der Waals surface area contributed by atoms with Crippen LogP contribution in [-0.2, 0) is 0 Å². The van der Waals surface area contributed by atoms with E-state index in [2.05, 4.69) is 6.58 Å². The third kappa shape index (κ3) is 5.66. The van der Waals surface area contributed by atoms with Gasteiger partial charge in [0, 0.05) is 13.6 Å². The molecule has 0 aliphatic rings. The van der Waals surface area contributed by atoms with Gasteiger partial charge in [0.05, 0.1) is 0 Å². The van der Waals surface area contributed by atoms with E-state index in [1.807, 2.05) is 13.1 Å². The van der Waals surface area contributed by atoms with Gasteiger partial charge in [0.15, 0.2) is 0 Å². The Labute approximate surface area is 50.9 Å². The molecule has 0 saturated carbocycles. The van der Waals surface area contributed by atoms with Gasteiger partial charge in [-0.05, 0) is 12.8 Å². The largest absolute Gasteiger partial charge is 0.269 e. The molecule has 0 heterocycles. The van der Waals surface area contributed by atoms with Crippen molar-refractivity contribution < 1.29 is 0 Å². The van der Waals surface area contributed by atoms with Gasteiger partial charge < -0.3 is 0 Å². The van der Waals surface area contributed by atoms with Crippen LogP contribution in [0.15, 0.2) is 12.7 Å². The Kier molecular flexibility index (Phi) is 4.61. The van der Waals surface area contributed by atoms with Crippen molar-refractivity contribution in [2.75, 3.05) is 13.6 Å². The van der Waals surface area contributed by atoms with E-state index in [0.29, 0.717) is 0 Å². The van der Waals surface area contributed by atoms with Crippen molar-refractivity contribution in [2.24, 2.45) is 5.84 Å². The lowest BCUT2D eigenvalue weighted by Gasteiger charge is -2.06. The predicted octanol–water partition coefficient (Wildman–Crippen LogP) is 0.758. The third-order valence-electron chi connectivity index (χ3n) is 0.919. The van der Waals surface area contributed by atoms with Crippen LogP contribution in [0.4, 0.5) is 0 Å². The number of rotatable bonds is 4. The van der Waals surface area contributed by atoms with Gasteiger partial charge in [0.1, 0.15) is 0 Å². The number of nitrogens with zero attached hydrogens (tertiary/aromatic N) is 1. The first-order chi connectivity index (χ1) is 3.77. The zero-order valence-electron chi connectivity index (χ0n) is 5.43. The van der Waals surface area contributed by atoms with Crippen LogP contribution in [0.25, 0.3) is 0 Å². The monoisotopic (exact) mass is 114 g/mol. The van der Waals surface area contributed by atoms with Crippen LogP contribution in [0.2, 0.25) is 0 Å². The molecule has 0 spiro atoms. The minimum absolute atomic E-state index is 0.950. The zero-order chi connectivity index (χ0) is 6.41. The van der Waals surface area contributed by atoms with Crippen LogP contribution in [0.1, 0.15) is 12.8 Å². The second-order valence-corrected chi connectivity index (χ2v) is 1.91. The molecule has 0 unspecified atom stereocenters. The maximum Gasteiger partial charge on any atom is 0.0128 e. The Morgan fingerprint density at radius 3 is 2.75 bits per heavy atom. The standard InChI is InChI=1S/C6H14N2/c1-3-4-5-6-8(2)7/h3H,1,4-7H2,2H3. The van der Waals surface area contributed by atoms with E-state index in [-0.39, 0.29) is 0 Å². The maximum atomic E-state index is 5.33. The summed E-state index contributed by atoms with van der Waals surface area (Å²) in [6, 6.07) is 0. The van der Waals surface area contributed by atoms with Crippen molar-refractivity contribution >= 4 is 0 Å². The minimum atomic E-state index is 0.950. The summed E-state index contributed by atoms with van der Waals surface area (Å²) in [4.78, 5) is 0. The normalized spacial score (nSPS) is 9.88. The average molecular weight is 114 g/mol. The Balaban J connectivity index is 2.81. The Hall–Kier alpha value is -0.340. The summed E-state index contributed by atoms with van der Waals surface area (Å²) in [5.41, 5.74) is 0. The minimum Gasteiger partial charge on any atom is -0.269 e. The Morgan fingerprint density at radius 2 is 2.38 bits per heavy atom. The van der Waals surface area contributed by atoms with Crippen LogP contribution in [-0.4, -0.2) is 18.6 Å². The van der Waals surface area contributed by atoms with E-state index in [1.165, 1.54) is 0 Å². The molecular weight excluding hydrogens is 100 g/mol. The van der Waals surface area contributed by atoms with Gasteiger partial charge in [-0.15, -0.1) is 6.58 Å². The first-order valence-corrected chi connectivity index (χ1v) is 2.84. The Morgan fingerprint density at radius 1 is 1.75 bits per heavy atom. The molecule has 0 bridgehead atoms. The van der Waals surface area contributed by atoms with Crippen molar-refractivity contribution in [3.05, 3.63) is 12.7 Å². The van der Waals surface area contributed by atoms with Gasteiger partial charge in [0.25, 0.3) is 0 Å². The lowest BCUT2D eigenvalue weighted by atomic mass is 10.3. The first-order valence-electron chi connectivity index (χ1n) is 2.84. The molecule has 2 N–H and O–H groups in total. The van der Waals surface area contributed by atoms with Crippen molar-refractivity contribution in [3.8, 4) is 0 Å². The summed E-state index contributed by atoms with van der Waals surface area (Å²) in [5.74, 6) is 5.33. The fraction of sp³-hybridized carbons (Fsp3) is 0.667. The molecule has 8 heavy (non-hydrogen) atoms. The van der Waals surface area contributed by atoms with Crippen LogP contribution in [0.3, 0.4) is 0 Å². The average Bonchev–Trinajstić information content (AvgIpc) is 1.66. The molecule has 0 aliphatic heterocycles. The molecule has 0 saturated heterocycles. The summed E-state index contributed by atoms with van der Waals surface area (Å²) in [6.45, 7) is 4.55. The smallest absolute Gasteiger partial charge is 0.0128 e. The fourth-order valence-corrected chi connectivity index (χ4v) is 0.485. The fourth-order valence-electron chi connectivity index (χ4n) is 0.485. The van der Waals surface area contributed by atoms with Crippen LogP contribution >= 0.6 is 0 Å². The number of unbranched alkanes of at least 4 members (excludes halogenated alkanes) is 1. The summed E-state index contributed by atoms with van der Waals surface area (Å²) >= 11 is 0. The van der Waals surface area contributed by atoms with Gasteiger partial charge in [-0.2, -0.15) is 0 Å². The maximum absolute atomic E-state index is 5.33. The van der Waals surface area contributed by atoms with Crippen LogP contribution in [0.5, 0.6) is 0 Å². The van der Waals surface area contributed by atoms with Crippen molar-refractivity contribution in [1.82, 2.24) is 5.01 Å². The summed E-state index contributed by atoms with van der Waals surface area (Å²) in [5, 5.41) is 1.68. The highest BCUT2D eigenvalue weighted by Gasteiger charge is 1.85. The highest BCUT2D eigenvalue weighted by Crippen LogP contribution is 1.87. The van der Waals surface area contributed by atoms with E-state index < -0.39 is 0 Å². The molecular formula is C6H14N2. The van der Waals surface area contributed by atoms with E-state index in [1.54, 1.807) is 5.01 Å². The molecule has 0 aromatic carbocycles. The summed E-state index contributed by atoms with van der Waals surface area (Å²) < 4.78 is 0. The first kappa shape index (κ1) is 7.66. The molecule has 0 radical (unpaired) electrons. The van der Waals surface area contributed by atoms with Crippen molar-refractivity contribution in [3.63, 3.8) is 0 Å². The highest BCUT2D eigenvalue weighted by molar-refractivity contribution is 4.65. The lowest BCUT2D eigenvalue weighted by Crippen LogP contribution is -2.26. The zero-order valence-corrected chi connectivity index (χ0v) is 5.43. The molecule has 48 valence electrons. The van der Waals surface area contributed by atoms with Gasteiger partial charge in [-0.3, -0.25) is 10.9 Å². The van der Waals surface area contributed by atoms with Crippen LogP contribution in [0, 0.1) is 0 Å². The second-order valence-electron chi connectivity index (χ2n) is 1.91. The van der Waals surface area contributed by atoms with Gasteiger partial charge in [0.2, 0.25) is 0 Å². The topological polar surface area (TPSA) is 29.3 Å². The lowest BCUT2D eigenvalue weighted by molar-refractivity contribution is 0.345. The molecule has 0 atom stereocenters. The number of hydrogen-bond donors (Lipinski definition) is 1. The molecule has 2 heteroatoms. The van der Waals surface area contributed by atoms with Crippen LogP contribution < -0.4 is 5.84 Å². The summed E-state index contributed by atoms with van der Waals surface area (Å²) in [7, 11) is 1.86. The SMILES string of the molecule is C=CCCCN(C)N. The molecule has 0 rings (SSSR count). The highest BCUT2D eigenvalue weighted by atomic mass is 15.4. The van der Waals surface area contributed by atoms with Gasteiger partial charge in [-0.1, -0.05) is 6.08 Å². The molecule has 0 amide bonds. The van der Waals surface area contributed by atoms with Gasteiger partial charge >= 0.3 is 0 Å². The quantitative estimate of drug-likeness (QED) is 0.253. The molecule has 0 aromatic rings. The third-order valence-corrected chi connectivity index (χ3v) is 0.919. The van der Waals surface area contributed by atoms with E-state index >= 15 is 0 Å². The summed E-state index contributed by atoms with van der Waals surface area (Å²) in [6.07, 6.45) is 4.07. The van der Waals surface area contributed by atoms with E-state index in [4.69, 9.17) is 5.84 Å². The van der Waals surface area contributed by atoms with Gasteiger partial charge in [-0.25, -0.2) is 0 Å². The number of allylic oxidation sites excluding steroid dienone is 1. The molecule has 0 fully saturated rings. The van der Waals surface area contributed by atoms with E-state index in [9.17, 15) is 0 Å².